The highest BCUT2D eigenvalue weighted by molar-refractivity contribution is 8.01. The molecule has 3 saturated heterocycles. The van der Waals surface area contributed by atoms with E-state index in [9.17, 15) is 13.2 Å². The molecular weight excluding hydrogens is 425 g/mol. The van der Waals surface area contributed by atoms with Crippen molar-refractivity contribution in [1.82, 2.24) is 10.1 Å². The summed E-state index contributed by atoms with van der Waals surface area (Å²) in [5, 5.41) is 11.2. The summed E-state index contributed by atoms with van der Waals surface area (Å²) < 4.78 is 48.9. The fraction of sp³-hybridized carbons (Fsp3) is 0.789. The number of nitrogens with zero attached hydrogens (tertiary/aromatic N) is 2. The number of likely N-dealkylation sites (tertiary alicyclic amines) is 1. The van der Waals surface area contributed by atoms with Crippen molar-refractivity contribution in [2.24, 2.45) is 5.92 Å². The van der Waals surface area contributed by atoms with Gasteiger partial charge in [0, 0.05) is 56.0 Å². The summed E-state index contributed by atoms with van der Waals surface area (Å²) in [5.41, 5.74) is 1.05. The fourth-order valence-corrected chi connectivity index (χ4v) is 5.52. The highest BCUT2D eigenvalue weighted by Crippen LogP contribution is 2.46. The molecule has 1 N–H and O–H groups in total. The normalized spacial score (nSPS) is 24.3. The summed E-state index contributed by atoms with van der Waals surface area (Å²) >= 11 is 2.11. The van der Waals surface area contributed by atoms with E-state index in [2.05, 4.69) is 21.8 Å². The van der Waals surface area contributed by atoms with Crippen LogP contribution in [0.15, 0.2) is 10.6 Å². The van der Waals surface area contributed by atoms with E-state index >= 15 is 0 Å². The average Bonchev–Trinajstić information content (AvgIpc) is 3.27. The van der Waals surface area contributed by atoms with Crippen molar-refractivity contribution >= 4 is 17.7 Å². The van der Waals surface area contributed by atoms with Gasteiger partial charge in [-0.3, -0.25) is 4.90 Å². The molecule has 30 heavy (non-hydrogen) atoms. The third-order valence-electron chi connectivity index (χ3n) is 5.41. The zero-order valence-electron chi connectivity index (χ0n) is 16.8. The summed E-state index contributed by atoms with van der Waals surface area (Å²) in [5.74, 6) is -0.00159. The van der Waals surface area contributed by atoms with Crippen LogP contribution in [0.3, 0.4) is 0 Å². The summed E-state index contributed by atoms with van der Waals surface area (Å²) in [7, 11) is 0. The molecule has 3 aliphatic rings. The number of halogens is 3. The molecule has 1 aromatic rings. The van der Waals surface area contributed by atoms with E-state index in [0.717, 1.165) is 69.5 Å². The van der Waals surface area contributed by atoms with E-state index < -0.39 is 12.1 Å². The standard InChI is InChI=1S/C17H26N2O3S.C2HF3O2/c1-13-6-15(18-22-13)8-19-11-17(12-19)7-16(10-23-17)21-9-14-2-4-20-5-3-14;3-2(4,5)1(6)7/h6,14,16H,2-5,7-12H2,1H3;(H,6,7). The van der Waals surface area contributed by atoms with Crippen molar-refractivity contribution in [2.45, 2.75) is 49.8 Å². The highest BCUT2D eigenvalue weighted by atomic mass is 32.2. The molecule has 0 amide bonds. The van der Waals surface area contributed by atoms with E-state index in [1.807, 2.05) is 13.0 Å². The van der Waals surface area contributed by atoms with Gasteiger partial charge in [0.1, 0.15) is 5.76 Å². The van der Waals surface area contributed by atoms with E-state index in [-0.39, 0.29) is 0 Å². The smallest absolute Gasteiger partial charge is 0.475 e. The molecule has 1 atom stereocenters. The van der Waals surface area contributed by atoms with E-state index in [1.165, 1.54) is 6.42 Å². The van der Waals surface area contributed by atoms with Gasteiger partial charge in [0.25, 0.3) is 0 Å². The number of carboxylic acids is 1. The predicted molar refractivity (Wildman–Crippen MR) is 103 cm³/mol. The molecule has 3 fully saturated rings. The predicted octanol–water partition coefficient (Wildman–Crippen LogP) is 3.12. The number of carbonyl (C=O) groups is 1. The lowest BCUT2D eigenvalue weighted by Crippen LogP contribution is -2.58. The van der Waals surface area contributed by atoms with Gasteiger partial charge < -0.3 is 19.1 Å². The van der Waals surface area contributed by atoms with Crippen molar-refractivity contribution in [3.63, 3.8) is 0 Å². The molecule has 0 aliphatic carbocycles. The lowest BCUT2D eigenvalue weighted by atomic mass is 9.92. The molecule has 4 rings (SSSR count). The van der Waals surface area contributed by atoms with Gasteiger partial charge >= 0.3 is 12.1 Å². The van der Waals surface area contributed by atoms with Crippen molar-refractivity contribution in [1.29, 1.82) is 0 Å². The number of alkyl halides is 3. The summed E-state index contributed by atoms with van der Waals surface area (Å²) in [6, 6.07) is 2.03. The van der Waals surface area contributed by atoms with Gasteiger partial charge in [0.05, 0.1) is 11.8 Å². The first-order chi connectivity index (χ1) is 14.2. The largest absolute Gasteiger partial charge is 0.490 e. The Balaban J connectivity index is 0.000000318. The van der Waals surface area contributed by atoms with E-state index in [4.69, 9.17) is 23.9 Å². The van der Waals surface area contributed by atoms with Crippen LogP contribution in [0.5, 0.6) is 0 Å². The maximum absolute atomic E-state index is 10.6. The molecule has 4 heterocycles. The molecule has 3 aliphatic heterocycles. The van der Waals surface area contributed by atoms with Gasteiger partial charge in [0.15, 0.2) is 0 Å². The number of aliphatic carboxylic acids is 1. The molecule has 1 unspecified atom stereocenters. The zero-order chi connectivity index (χ0) is 21.8. The number of aryl methyl sites for hydroxylation is 1. The molecule has 1 aromatic heterocycles. The quantitative estimate of drug-likeness (QED) is 0.730. The molecule has 1 spiro atoms. The maximum Gasteiger partial charge on any atom is 0.490 e. The summed E-state index contributed by atoms with van der Waals surface area (Å²) in [6.45, 7) is 7.91. The Bertz CT molecular complexity index is 703. The number of hydrogen-bond acceptors (Lipinski definition) is 7. The van der Waals surface area contributed by atoms with Crippen molar-refractivity contribution < 1.29 is 37.1 Å². The number of rotatable bonds is 5. The van der Waals surface area contributed by atoms with E-state index in [1.54, 1.807) is 0 Å². The molecule has 0 radical (unpaired) electrons. The SMILES string of the molecule is Cc1cc(CN2CC3(CC(OCC4CCOCC4)CS3)C2)no1.O=C(O)C(F)(F)F. The van der Waals surface area contributed by atoms with Crippen LogP contribution in [-0.2, 0) is 20.8 Å². The number of hydrogen-bond donors (Lipinski definition) is 1. The van der Waals surface area contributed by atoms with Crippen LogP contribution in [0.25, 0.3) is 0 Å². The van der Waals surface area contributed by atoms with Crippen LogP contribution in [-0.4, -0.2) is 76.8 Å². The first-order valence-corrected chi connectivity index (χ1v) is 10.9. The van der Waals surface area contributed by atoms with Gasteiger partial charge in [0.2, 0.25) is 0 Å². The molecule has 170 valence electrons. The molecule has 0 bridgehead atoms. The van der Waals surface area contributed by atoms with Crippen LogP contribution in [0.4, 0.5) is 13.2 Å². The second-order valence-electron chi connectivity index (χ2n) is 8.09. The van der Waals surface area contributed by atoms with Crippen LogP contribution in [0.1, 0.15) is 30.7 Å². The second kappa shape index (κ2) is 9.88. The van der Waals surface area contributed by atoms with Gasteiger partial charge in [-0.1, -0.05) is 5.16 Å². The van der Waals surface area contributed by atoms with Crippen LogP contribution >= 0.6 is 11.8 Å². The number of ether oxygens (including phenoxy) is 2. The monoisotopic (exact) mass is 452 g/mol. The third kappa shape index (κ3) is 6.60. The molecule has 7 nitrogen and oxygen atoms in total. The Hall–Kier alpha value is -1.30. The minimum Gasteiger partial charge on any atom is -0.475 e. The Kier molecular flexibility index (Phi) is 7.70. The fourth-order valence-electron chi connectivity index (χ4n) is 3.92. The van der Waals surface area contributed by atoms with Gasteiger partial charge in [-0.05, 0) is 32.1 Å². The highest BCUT2D eigenvalue weighted by Gasteiger charge is 2.49. The molecule has 11 heteroatoms. The minimum absolute atomic E-state index is 0.430. The number of carboxylic acid groups (broad SMARTS) is 1. The van der Waals surface area contributed by atoms with E-state index in [0.29, 0.717) is 16.8 Å². The first kappa shape index (κ1) is 23.4. The van der Waals surface area contributed by atoms with Gasteiger partial charge in [-0.25, -0.2) is 4.79 Å². The Labute approximate surface area is 177 Å². The van der Waals surface area contributed by atoms with Crippen LogP contribution < -0.4 is 0 Å². The molecule has 0 aromatic carbocycles. The van der Waals surface area contributed by atoms with Gasteiger partial charge in [-0.2, -0.15) is 13.2 Å². The Morgan fingerprint density at radius 2 is 2.07 bits per heavy atom. The van der Waals surface area contributed by atoms with Crippen molar-refractivity contribution in [3.8, 4) is 0 Å². The minimum atomic E-state index is -5.08. The number of thioether (sulfide) groups is 1. The van der Waals surface area contributed by atoms with Crippen molar-refractivity contribution in [2.75, 3.05) is 38.7 Å². The van der Waals surface area contributed by atoms with Crippen molar-refractivity contribution in [3.05, 3.63) is 17.5 Å². The first-order valence-electron chi connectivity index (χ1n) is 9.93. The molecule has 0 saturated carbocycles. The van der Waals surface area contributed by atoms with Gasteiger partial charge in [-0.15, -0.1) is 11.8 Å². The second-order valence-corrected chi connectivity index (χ2v) is 9.57. The summed E-state index contributed by atoms with van der Waals surface area (Å²) in [4.78, 5) is 11.4. The summed E-state index contributed by atoms with van der Waals surface area (Å²) in [6.07, 6.45) is -1.11. The van der Waals surface area contributed by atoms with Crippen LogP contribution in [0, 0.1) is 12.8 Å². The van der Waals surface area contributed by atoms with Crippen LogP contribution in [0.2, 0.25) is 0 Å². The third-order valence-corrected chi connectivity index (χ3v) is 6.99. The number of aromatic nitrogens is 1. The lowest BCUT2D eigenvalue weighted by Gasteiger charge is -2.47. The average molecular weight is 452 g/mol. The lowest BCUT2D eigenvalue weighted by molar-refractivity contribution is -0.192. The zero-order valence-corrected chi connectivity index (χ0v) is 17.6. The maximum atomic E-state index is 10.6. The molecular formula is C19H27F3N2O5S. The Morgan fingerprint density at radius 3 is 2.63 bits per heavy atom. The topological polar surface area (TPSA) is 85.0 Å². The Morgan fingerprint density at radius 1 is 1.40 bits per heavy atom.